The van der Waals surface area contributed by atoms with Gasteiger partial charge in [-0.2, -0.15) is 13.2 Å². The van der Waals surface area contributed by atoms with Crippen LogP contribution in [0.2, 0.25) is 0 Å². The predicted molar refractivity (Wildman–Crippen MR) is 84.4 cm³/mol. The monoisotopic (exact) mass is 337 g/mol. The van der Waals surface area contributed by atoms with Crippen molar-refractivity contribution in [1.29, 1.82) is 0 Å². The normalized spacial score (nSPS) is 23.5. The van der Waals surface area contributed by atoms with Crippen LogP contribution in [0.15, 0.2) is 0 Å². The minimum atomic E-state index is -4.04. The molecule has 7 heteroatoms. The van der Waals surface area contributed by atoms with E-state index in [0.29, 0.717) is 6.04 Å². The topological polar surface area (TPSA) is 38.7 Å². The quantitative estimate of drug-likeness (QED) is 0.696. The lowest BCUT2D eigenvalue weighted by Crippen LogP contribution is -2.44. The first-order valence-corrected chi connectivity index (χ1v) is 8.85. The number of alkyl halides is 3. The molecule has 0 amide bonds. The second-order valence-electron chi connectivity index (χ2n) is 6.86. The number of hydrogen-bond acceptors (Lipinski definition) is 4. The van der Waals surface area contributed by atoms with E-state index in [9.17, 15) is 18.3 Å². The van der Waals surface area contributed by atoms with Gasteiger partial charge in [0.2, 0.25) is 0 Å². The first-order chi connectivity index (χ1) is 10.9. The summed E-state index contributed by atoms with van der Waals surface area (Å²) in [6, 6.07) is 0.445. The average molecular weight is 337 g/mol. The van der Waals surface area contributed by atoms with Crippen LogP contribution in [0.1, 0.15) is 38.5 Å². The zero-order valence-corrected chi connectivity index (χ0v) is 13.8. The third-order valence-corrected chi connectivity index (χ3v) is 4.94. The summed E-state index contributed by atoms with van der Waals surface area (Å²) in [7, 11) is 0. The predicted octanol–water partition coefficient (Wildman–Crippen LogP) is 1.84. The Balaban J connectivity index is 1.48. The Morgan fingerprint density at radius 1 is 0.913 bits per heavy atom. The van der Waals surface area contributed by atoms with Crippen LogP contribution in [-0.4, -0.2) is 79.0 Å². The van der Waals surface area contributed by atoms with Gasteiger partial charge in [-0.1, -0.05) is 0 Å². The molecule has 0 aliphatic carbocycles. The van der Waals surface area contributed by atoms with E-state index in [-0.39, 0.29) is 12.6 Å². The molecule has 0 aromatic carbocycles. The Morgan fingerprint density at radius 2 is 1.48 bits per heavy atom. The second-order valence-corrected chi connectivity index (χ2v) is 6.86. The maximum Gasteiger partial charge on any atom is 0.390 e. The number of nitrogens with zero attached hydrogens (tertiary/aromatic N) is 2. The molecular weight excluding hydrogens is 307 g/mol. The molecule has 0 unspecified atom stereocenters. The van der Waals surface area contributed by atoms with Gasteiger partial charge in [-0.15, -0.1) is 0 Å². The minimum Gasteiger partial charge on any atom is -0.393 e. The van der Waals surface area contributed by atoms with Gasteiger partial charge in [-0.25, -0.2) is 0 Å². The van der Waals surface area contributed by atoms with Crippen LogP contribution >= 0.6 is 0 Å². The standard InChI is InChI=1S/C16H30F3N3O/c17-16(18,19)6-13-22-9-2-14(3-10-22)20-7-1-8-21-11-4-15(23)5-12-21/h14-15,20,23H,1-13H2. The highest BCUT2D eigenvalue weighted by Gasteiger charge is 2.29. The molecule has 0 spiro atoms. The fourth-order valence-electron chi connectivity index (χ4n) is 3.40. The van der Waals surface area contributed by atoms with Crippen LogP contribution in [0.25, 0.3) is 0 Å². The van der Waals surface area contributed by atoms with Gasteiger partial charge in [-0.3, -0.25) is 0 Å². The van der Waals surface area contributed by atoms with Gasteiger partial charge >= 0.3 is 6.18 Å². The molecule has 2 rings (SSSR count). The van der Waals surface area contributed by atoms with E-state index in [4.69, 9.17) is 0 Å². The molecule has 0 saturated carbocycles. The Bertz CT molecular complexity index is 325. The molecule has 0 radical (unpaired) electrons. The van der Waals surface area contributed by atoms with Crippen LogP contribution in [0.5, 0.6) is 0 Å². The highest BCUT2D eigenvalue weighted by atomic mass is 19.4. The number of aliphatic hydroxyl groups is 1. The van der Waals surface area contributed by atoms with E-state index in [1.54, 1.807) is 0 Å². The van der Waals surface area contributed by atoms with Crippen molar-refractivity contribution in [1.82, 2.24) is 15.1 Å². The summed E-state index contributed by atoms with van der Waals surface area (Å²) in [6.07, 6.45) is -0.138. The summed E-state index contributed by atoms with van der Waals surface area (Å²) < 4.78 is 36.6. The van der Waals surface area contributed by atoms with E-state index in [0.717, 1.165) is 71.4 Å². The van der Waals surface area contributed by atoms with Gasteiger partial charge < -0.3 is 20.2 Å². The number of nitrogens with one attached hydrogen (secondary N) is 1. The third kappa shape index (κ3) is 7.83. The summed E-state index contributed by atoms with van der Waals surface area (Å²) in [4.78, 5) is 4.32. The molecule has 136 valence electrons. The fourth-order valence-corrected chi connectivity index (χ4v) is 3.40. The first-order valence-electron chi connectivity index (χ1n) is 8.85. The third-order valence-electron chi connectivity index (χ3n) is 4.94. The Kier molecular flexibility index (Phi) is 7.59. The Hall–Kier alpha value is -0.370. The van der Waals surface area contributed by atoms with E-state index >= 15 is 0 Å². The lowest BCUT2D eigenvalue weighted by molar-refractivity contribution is -0.138. The summed E-state index contributed by atoms with van der Waals surface area (Å²) in [5, 5.41) is 13.0. The van der Waals surface area contributed by atoms with Crippen LogP contribution in [0.4, 0.5) is 13.2 Å². The van der Waals surface area contributed by atoms with E-state index < -0.39 is 12.6 Å². The van der Waals surface area contributed by atoms with Gasteiger partial charge in [0.15, 0.2) is 0 Å². The van der Waals surface area contributed by atoms with Crippen molar-refractivity contribution in [2.24, 2.45) is 0 Å². The van der Waals surface area contributed by atoms with Crippen molar-refractivity contribution in [2.45, 2.75) is 56.8 Å². The van der Waals surface area contributed by atoms with E-state index in [2.05, 4.69) is 10.2 Å². The summed E-state index contributed by atoms with van der Waals surface area (Å²) in [5.74, 6) is 0. The van der Waals surface area contributed by atoms with Crippen molar-refractivity contribution in [3.05, 3.63) is 0 Å². The fraction of sp³-hybridized carbons (Fsp3) is 1.00. The SMILES string of the molecule is OC1CCN(CCCNC2CCN(CCC(F)(F)F)CC2)CC1. The van der Waals surface area contributed by atoms with Crippen molar-refractivity contribution < 1.29 is 18.3 Å². The largest absolute Gasteiger partial charge is 0.393 e. The molecular formula is C16H30F3N3O. The number of halogens is 3. The van der Waals surface area contributed by atoms with Gasteiger partial charge in [0, 0.05) is 25.7 Å². The minimum absolute atomic E-state index is 0.119. The Labute approximate surface area is 137 Å². The molecule has 0 aromatic rings. The maximum atomic E-state index is 12.2. The highest BCUT2D eigenvalue weighted by molar-refractivity contribution is 4.78. The van der Waals surface area contributed by atoms with Crippen molar-refractivity contribution in [3.8, 4) is 0 Å². The lowest BCUT2D eigenvalue weighted by atomic mass is 10.0. The number of rotatable bonds is 7. The van der Waals surface area contributed by atoms with Crippen LogP contribution < -0.4 is 5.32 Å². The van der Waals surface area contributed by atoms with E-state index in [1.807, 2.05) is 4.90 Å². The van der Waals surface area contributed by atoms with Crippen LogP contribution in [0, 0.1) is 0 Å². The summed E-state index contributed by atoms with van der Waals surface area (Å²) in [5.41, 5.74) is 0. The molecule has 2 aliphatic heterocycles. The Morgan fingerprint density at radius 3 is 2.09 bits per heavy atom. The smallest absolute Gasteiger partial charge is 0.390 e. The second kappa shape index (κ2) is 9.20. The van der Waals surface area contributed by atoms with Crippen molar-refractivity contribution in [2.75, 3.05) is 45.8 Å². The molecule has 0 bridgehead atoms. The van der Waals surface area contributed by atoms with Crippen LogP contribution in [-0.2, 0) is 0 Å². The van der Waals surface area contributed by atoms with Crippen molar-refractivity contribution >= 4 is 0 Å². The van der Waals surface area contributed by atoms with Crippen LogP contribution in [0.3, 0.4) is 0 Å². The molecule has 4 nitrogen and oxygen atoms in total. The molecule has 2 fully saturated rings. The summed E-state index contributed by atoms with van der Waals surface area (Å²) >= 11 is 0. The molecule has 23 heavy (non-hydrogen) atoms. The maximum absolute atomic E-state index is 12.2. The van der Waals surface area contributed by atoms with Gasteiger partial charge in [0.25, 0.3) is 0 Å². The van der Waals surface area contributed by atoms with Gasteiger partial charge in [-0.05, 0) is 58.3 Å². The zero-order chi connectivity index (χ0) is 16.7. The average Bonchev–Trinajstić information content (AvgIpc) is 2.52. The highest BCUT2D eigenvalue weighted by Crippen LogP contribution is 2.21. The summed E-state index contributed by atoms with van der Waals surface area (Å²) in [6.45, 7) is 5.65. The number of hydrogen-bond donors (Lipinski definition) is 2. The number of aliphatic hydroxyl groups excluding tert-OH is 1. The van der Waals surface area contributed by atoms with Gasteiger partial charge in [0.1, 0.15) is 0 Å². The molecule has 2 N–H and O–H groups in total. The molecule has 2 heterocycles. The molecule has 2 aliphatic rings. The lowest BCUT2D eigenvalue weighted by Gasteiger charge is -2.33. The van der Waals surface area contributed by atoms with Gasteiger partial charge in [0.05, 0.1) is 12.5 Å². The van der Waals surface area contributed by atoms with Crippen molar-refractivity contribution in [3.63, 3.8) is 0 Å². The molecule has 0 atom stereocenters. The number of likely N-dealkylation sites (tertiary alicyclic amines) is 2. The zero-order valence-electron chi connectivity index (χ0n) is 13.8. The molecule has 0 aromatic heterocycles. The van der Waals surface area contributed by atoms with E-state index in [1.165, 1.54) is 0 Å². The first kappa shape index (κ1) is 19.0. The molecule has 2 saturated heterocycles. The number of piperidine rings is 2.